The van der Waals surface area contributed by atoms with Crippen LogP contribution in [0.15, 0.2) is 78.9 Å². The lowest BCUT2D eigenvalue weighted by Gasteiger charge is -2.24. The first-order chi connectivity index (χ1) is 18.3. The van der Waals surface area contributed by atoms with Crippen LogP contribution in [0.2, 0.25) is 0 Å². The van der Waals surface area contributed by atoms with Gasteiger partial charge in [0.05, 0.1) is 18.2 Å². The Morgan fingerprint density at radius 2 is 1.63 bits per heavy atom. The van der Waals surface area contributed by atoms with Crippen LogP contribution in [0.4, 0.5) is 0 Å². The van der Waals surface area contributed by atoms with Crippen molar-refractivity contribution < 1.29 is 19.8 Å². The minimum absolute atomic E-state index is 0.0504. The van der Waals surface area contributed by atoms with E-state index in [4.69, 9.17) is 0 Å². The Bertz CT molecular complexity index is 1210. The van der Waals surface area contributed by atoms with Crippen LogP contribution in [0, 0.1) is 5.92 Å². The number of fused-ring (bicyclic) bond motifs is 1. The number of nitrogens with one attached hydrogen (secondary N) is 2. The summed E-state index contributed by atoms with van der Waals surface area (Å²) >= 11 is 0. The number of aryl methyl sites for hydroxylation is 1. The smallest absolute Gasteiger partial charge is 0.251 e. The molecule has 6 heteroatoms. The number of carbonyl (C=O) groups is 2. The van der Waals surface area contributed by atoms with E-state index >= 15 is 0 Å². The summed E-state index contributed by atoms with van der Waals surface area (Å²) in [7, 11) is 0. The minimum atomic E-state index is -0.888. The highest BCUT2D eigenvalue weighted by atomic mass is 16.3. The van der Waals surface area contributed by atoms with Crippen LogP contribution in [-0.4, -0.2) is 40.8 Å². The number of aliphatic hydroxyl groups excluding tert-OH is 2. The molecule has 0 bridgehead atoms. The standard InChI is InChI=1S/C32H38N2O4/c1-21(2)23-14-16-24(17-15-23)31(37)33-20-27(35)18-26(13-12-22-8-4-3-5-9-22)32(38)34-30-28-11-7-6-10-25(28)19-29(30)36/h3-11,14-17,21,26-27,29-30,35-36H,12-13,18-20H2,1-2H3,(H,33,37)(H,34,38). The first-order valence-corrected chi connectivity index (χ1v) is 13.5. The lowest BCUT2D eigenvalue weighted by atomic mass is 9.92. The molecule has 0 saturated heterocycles. The van der Waals surface area contributed by atoms with Gasteiger partial charge in [-0.25, -0.2) is 0 Å². The van der Waals surface area contributed by atoms with Crippen molar-refractivity contribution in [2.75, 3.05) is 6.54 Å². The third-order valence-electron chi connectivity index (χ3n) is 7.39. The molecular weight excluding hydrogens is 476 g/mol. The van der Waals surface area contributed by atoms with E-state index in [-0.39, 0.29) is 24.8 Å². The van der Waals surface area contributed by atoms with Crippen molar-refractivity contribution in [3.8, 4) is 0 Å². The van der Waals surface area contributed by atoms with E-state index in [0.717, 1.165) is 22.3 Å². The molecule has 3 aromatic carbocycles. The maximum Gasteiger partial charge on any atom is 0.251 e. The number of benzene rings is 3. The second-order valence-corrected chi connectivity index (χ2v) is 10.6. The molecule has 0 spiro atoms. The summed E-state index contributed by atoms with van der Waals surface area (Å²) in [4.78, 5) is 26.1. The molecule has 0 heterocycles. The minimum Gasteiger partial charge on any atom is -0.391 e. The van der Waals surface area contributed by atoms with Crippen LogP contribution in [0.3, 0.4) is 0 Å². The third kappa shape index (κ3) is 7.09. The lowest BCUT2D eigenvalue weighted by molar-refractivity contribution is -0.127. The van der Waals surface area contributed by atoms with E-state index in [2.05, 4.69) is 24.5 Å². The van der Waals surface area contributed by atoms with E-state index in [1.54, 1.807) is 12.1 Å². The van der Waals surface area contributed by atoms with Crippen molar-refractivity contribution in [1.29, 1.82) is 0 Å². The molecule has 38 heavy (non-hydrogen) atoms. The fourth-order valence-corrected chi connectivity index (χ4v) is 5.10. The van der Waals surface area contributed by atoms with Crippen molar-refractivity contribution in [2.24, 2.45) is 5.92 Å². The number of amides is 2. The van der Waals surface area contributed by atoms with E-state index in [9.17, 15) is 19.8 Å². The molecule has 1 aliphatic rings. The Morgan fingerprint density at radius 1 is 0.947 bits per heavy atom. The van der Waals surface area contributed by atoms with E-state index in [0.29, 0.717) is 30.7 Å². The van der Waals surface area contributed by atoms with Crippen molar-refractivity contribution >= 4 is 11.8 Å². The largest absolute Gasteiger partial charge is 0.391 e. The number of aliphatic hydroxyl groups is 2. The fraction of sp³-hybridized carbons (Fsp3) is 0.375. The number of hydrogen-bond donors (Lipinski definition) is 4. The third-order valence-corrected chi connectivity index (χ3v) is 7.39. The van der Waals surface area contributed by atoms with Gasteiger partial charge in [0.15, 0.2) is 0 Å². The first-order valence-electron chi connectivity index (χ1n) is 13.5. The molecule has 6 nitrogen and oxygen atoms in total. The summed E-state index contributed by atoms with van der Waals surface area (Å²) in [6.07, 6.45) is 0.364. The monoisotopic (exact) mass is 514 g/mol. The molecule has 1 aliphatic carbocycles. The van der Waals surface area contributed by atoms with Gasteiger partial charge in [-0.1, -0.05) is 80.6 Å². The zero-order valence-electron chi connectivity index (χ0n) is 22.1. The second kappa shape index (κ2) is 12.9. The summed E-state index contributed by atoms with van der Waals surface area (Å²) in [6, 6.07) is 24.7. The summed E-state index contributed by atoms with van der Waals surface area (Å²) in [5.74, 6) is -0.550. The van der Waals surface area contributed by atoms with Crippen molar-refractivity contribution in [3.05, 3.63) is 107 Å². The number of rotatable bonds is 11. The summed E-state index contributed by atoms with van der Waals surface area (Å²) < 4.78 is 0. The summed E-state index contributed by atoms with van der Waals surface area (Å²) in [6.45, 7) is 4.25. The normalized spacial score (nSPS) is 18.0. The Morgan fingerprint density at radius 3 is 2.34 bits per heavy atom. The summed E-state index contributed by atoms with van der Waals surface area (Å²) in [5.41, 5.74) is 4.78. The SMILES string of the molecule is CC(C)c1ccc(C(=O)NCC(O)CC(CCc2ccccc2)C(=O)NC2c3ccccc3CC2O)cc1. The predicted octanol–water partition coefficient (Wildman–Crippen LogP) is 4.31. The van der Waals surface area contributed by atoms with Gasteiger partial charge < -0.3 is 20.8 Å². The molecule has 4 N–H and O–H groups in total. The zero-order chi connectivity index (χ0) is 27.1. The van der Waals surface area contributed by atoms with Crippen LogP contribution < -0.4 is 10.6 Å². The second-order valence-electron chi connectivity index (χ2n) is 10.6. The van der Waals surface area contributed by atoms with Gasteiger partial charge in [0.1, 0.15) is 0 Å². The van der Waals surface area contributed by atoms with Crippen LogP contribution in [0.1, 0.15) is 71.3 Å². The highest BCUT2D eigenvalue weighted by Gasteiger charge is 2.34. The van der Waals surface area contributed by atoms with E-state index in [1.165, 1.54) is 0 Å². The molecule has 0 saturated carbocycles. The van der Waals surface area contributed by atoms with Crippen LogP contribution >= 0.6 is 0 Å². The van der Waals surface area contributed by atoms with Gasteiger partial charge in [0.2, 0.25) is 5.91 Å². The molecule has 4 atom stereocenters. The molecule has 0 radical (unpaired) electrons. The van der Waals surface area contributed by atoms with E-state index in [1.807, 2.05) is 66.7 Å². The lowest BCUT2D eigenvalue weighted by Crippen LogP contribution is -2.40. The van der Waals surface area contributed by atoms with Crippen molar-refractivity contribution in [3.63, 3.8) is 0 Å². The molecule has 2 amide bonds. The highest BCUT2D eigenvalue weighted by Crippen LogP contribution is 2.32. The first kappa shape index (κ1) is 27.6. The highest BCUT2D eigenvalue weighted by molar-refractivity contribution is 5.94. The van der Waals surface area contributed by atoms with Crippen LogP contribution in [-0.2, 0) is 17.6 Å². The zero-order valence-corrected chi connectivity index (χ0v) is 22.1. The average Bonchev–Trinajstić information content (AvgIpc) is 3.24. The van der Waals surface area contributed by atoms with Gasteiger partial charge in [-0.3, -0.25) is 9.59 Å². The molecule has 0 aliphatic heterocycles. The molecule has 200 valence electrons. The van der Waals surface area contributed by atoms with Gasteiger partial charge >= 0.3 is 0 Å². The molecule has 4 rings (SSSR count). The number of hydrogen-bond acceptors (Lipinski definition) is 4. The van der Waals surface area contributed by atoms with Gasteiger partial charge in [0, 0.05) is 24.4 Å². The Balaban J connectivity index is 1.38. The van der Waals surface area contributed by atoms with Crippen molar-refractivity contribution in [1.82, 2.24) is 10.6 Å². The maximum absolute atomic E-state index is 13.4. The van der Waals surface area contributed by atoms with Crippen LogP contribution in [0.25, 0.3) is 0 Å². The quantitative estimate of drug-likeness (QED) is 0.306. The molecular formula is C32H38N2O4. The van der Waals surface area contributed by atoms with Crippen LogP contribution in [0.5, 0.6) is 0 Å². The Kier molecular flexibility index (Phi) is 9.32. The topological polar surface area (TPSA) is 98.7 Å². The van der Waals surface area contributed by atoms with Gasteiger partial charge in [-0.05, 0) is 59.6 Å². The molecule has 4 unspecified atom stereocenters. The maximum atomic E-state index is 13.4. The van der Waals surface area contributed by atoms with Gasteiger partial charge in [0.25, 0.3) is 5.91 Å². The van der Waals surface area contributed by atoms with Crippen molar-refractivity contribution in [2.45, 2.75) is 63.7 Å². The molecule has 3 aromatic rings. The van der Waals surface area contributed by atoms with Gasteiger partial charge in [-0.2, -0.15) is 0 Å². The summed E-state index contributed by atoms with van der Waals surface area (Å²) in [5, 5.41) is 27.3. The Labute approximate surface area is 225 Å². The average molecular weight is 515 g/mol. The predicted molar refractivity (Wildman–Crippen MR) is 149 cm³/mol. The van der Waals surface area contributed by atoms with E-state index < -0.39 is 24.2 Å². The molecule has 0 aromatic heterocycles. The fourth-order valence-electron chi connectivity index (χ4n) is 5.10. The Hall–Kier alpha value is -3.48. The van der Waals surface area contributed by atoms with Gasteiger partial charge in [-0.15, -0.1) is 0 Å². The number of carbonyl (C=O) groups excluding carboxylic acids is 2. The molecule has 0 fully saturated rings.